The summed E-state index contributed by atoms with van der Waals surface area (Å²) in [6.45, 7) is 2.27. The van der Waals surface area contributed by atoms with Gasteiger partial charge in [-0.15, -0.1) is 0 Å². The van der Waals surface area contributed by atoms with Crippen molar-refractivity contribution in [3.8, 4) is 5.75 Å². The van der Waals surface area contributed by atoms with E-state index in [1.807, 2.05) is 30.3 Å². The number of nitrogens with two attached hydrogens (primary N) is 1. The number of aromatic nitrogens is 1. The molecule has 1 amide bonds. The monoisotopic (exact) mass is 534 g/mol. The number of hydrogen-bond acceptors (Lipinski definition) is 3. The van der Waals surface area contributed by atoms with Crippen LogP contribution in [0.1, 0.15) is 58.8 Å². The van der Waals surface area contributed by atoms with E-state index in [0.717, 1.165) is 48.7 Å². The molecule has 0 atom stereocenters. The van der Waals surface area contributed by atoms with Crippen LogP contribution in [0.4, 0.5) is 0 Å². The molecule has 0 spiro atoms. The average molecular weight is 535 g/mol. The van der Waals surface area contributed by atoms with E-state index in [-0.39, 0.29) is 0 Å². The first-order valence-electron chi connectivity index (χ1n) is 13.8. The molecule has 0 radical (unpaired) electrons. The predicted octanol–water partition coefficient (Wildman–Crippen LogP) is 6.73. The SMILES string of the molecule is CCCCCc1cc(OCC(=O)O)c2c3c(C(N)=O)cccc3n(Cc3ccccc3Cc3ccccc3)c2c1. The normalized spacial score (nSPS) is 11.2. The molecule has 40 heavy (non-hydrogen) atoms. The third kappa shape index (κ3) is 5.71. The predicted molar refractivity (Wildman–Crippen MR) is 159 cm³/mol. The number of carbonyl (C=O) groups is 2. The van der Waals surface area contributed by atoms with E-state index in [0.29, 0.717) is 28.6 Å². The van der Waals surface area contributed by atoms with E-state index in [1.54, 1.807) is 6.07 Å². The summed E-state index contributed by atoms with van der Waals surface area (Å²) < 4.78 is 8.08. The molecule has 0 unspecified atom stereocenters. The number of nitrogens with zero attached hydrogens (tertiary/aromatic N) is 1. The number of unbranched alkanes of at least 4 members (excludes halogenated alkanes) is 2. The van der Waals surface area contributed by atoms with Crippen LogP contribution in [0.5, 0.6) is 5.75 Å². The van der Waals surface area contributed by atoms with Gasteiger partial charge in [-0.05, 0) is 65.8 Å². The van der Waals surface area contributed by atoms with Crippen LogP contribution in [0, 0.1) is 0 Å². The fourth-order valence-electron chi connectivity index (χ4n) is 5.50. The van der Waals surface area contributed by atoms with Gasteiger partial charge in [-0.25, -0.2) is 4.79 Å². The van der Waals surface area contributed by atoms with Gasteiger partial charge >= 0.3 is 5.97 Å². The molecule has 6 nitrogen and oxygen atoms in total. The molecule has 3 N–H and O–H groups in total. The number of aryl methyl sites for hydroxylation is 1. The molecule has 0 bridgehead atoms. The topological polar surface area (TPSA) is 94.6 Å². The van der Waals surface area contributed by atoms with Crippen LogP contribution in [0.25, 0.3) is 21.8 Å². The first kappa shape index (κ1) is 27.0. The maximum Gasteiger partial charge on any atom is 0.341 e. The zero-order valence-electron chi connectivity index (χ0n) is 22.7. The third-order valence-electron chi connectivity index (χ3n) is 7.39. The summed E-state index contributed by atoms with van der Waals surface area (Å²) in [6.07, 6.45) is 4.88. The summed E-state index contributed by atoms with van der Waals surface area (Å²) in [5.74, 6) is -1.13. The number of hydrogen-bond donors (Lipinski definition) is 2. The average Bonchev–Trinajstić information content (AvgIpc) is 3.27. The highest BCUT2D eigenvalue weighted by Crippen LogP contribution is 2.39. The molecular formula is C34H34N2O4. The molecule has 0 saturated heterocycles. The highest BCUT2D eigenvalue weighted by atomic mass is 16.5. The van der Waals surface area contributed by atoms with E-state index in [9.17, 15) is 14.7 Å². The molecule has 0 aliphatic rings. The van der Waals surface area contributed by atoms with Gasteiger partial charge in [-0.1, -0.05) is 80.4 Å². The Morgan fingerprint density at radius 1 is 0.825 bits per heavy atom. The van der Waals surface area contributed by atoms with Gasteiger partial charge in [0.1, 0.15) is 5.75 Å². The Labute approximate surface area is 234 Å². The summed E-state index contributed by atoms with van der Waals surface area (Å²) in [7, 11) is 0. The van der Waals surface area contributed by atoms with Gasteiger partial charge in [0.05, 0.1) is 16.4 Å². The number of carboxylic acids is 1. The highest BCUT2D eigenvalue weighted by molar-refractivity contribution is 6.20. The van der Waals surface area contributed by atoms with Crippen molar-refractivity contribution in [2.45, 2.75) is 45.6 Å². The number of ether oxygens (including phenoxy) is 1. The van der Waals surface area contributed by atoms with Gasteiger partial charge in [0.25, 0.3) is 0 Å². The van der Waals surface area contributed by atoms with Gasteiger partial charge in [-0.2, -0.15) is 0 Å². The summed E-state index contributed by atoms with van der Waals surface area (Å²) in [5, 5.41) is 10.8. The Hall–Kier alpha value is -4.58. The van der Waals surface area contributed by atoms with Crippen LogP contribution < -0.4 is 10.5 Å². The minimum Gasteiger partial charge on any atom is -0.481 e. The van der Waals surface area contributed by atoms with Crippen LogP contribution in [0.15, 0.2) is 84.9 Å². The lowest BCUT2D eigenvalue weighted by Gasteiger charge is -2.14. The smallest absolute Gasteiger partial charge is 0.341 e. The lowest BCUT2D eigenvalue weighted by molar-refractivity contribution is -0.139. The summed E-state index contributed by atoms with van der Waals surface area (Å²) in [5.41, 5.74) is 12.7. The minimum absolute atomic E-state index is 0.387. The van der Waals surface area contributed by atoms with Gasteiger partial charge < -0.3 is 20.1 Å². The Balaban J connectivity index is 1.72. The Morgan fingerprint density at radius 2 is 1.57 bits per heavy atom. The second-order valence-electron chi connectivity index (χ2n) is 10.2. The first-order valence-corrected chi connectivity index (χ1v) is 13.8. The largest absolute Gasteiger partial charge is 0.481 e. The van der Waals surface area contributed by atoms with E-state index in [1.165, 1.54) is 16.7 Å². The molecule has 0 aliphatic carbocycles. The molecule has 204 valence electrons. The Kier molecular flexibility index (Phi) is 8.15. The molecular weight excluding hydrogens is 500 g/mol. The molecule has 0 aliphatic heterocycles. The number of benzene rings is 4. The molecule has 5 aromatic rings. The van der Waals surface area contributed by atoms with Gasteiger partial charge in [-0.3, -0.25) is 4.79 Å². The summed E-state index contributed by atoms with van der Waals surface area (Å²) in [4.78, 5) is 24.1. The van der Waals surface area contributed by atoms with Crippen molar-refractivity contribution in [1.29, 1.82) is 0 Å². The lowest BCUT2D eigenvalue weighted by atomic mass is 9.99. The van der Waals surface area contributed by atoms with Crippen LogP contribution >= 0.6 is 0 Å². The zero-order chi connectivity index (χ0) is 28.1. The molecule has 1 aromatic heterocycles. The molecule has 0 saturated carbocycles. The van der Waals surface area contributed by atoms with Crippen molar-refractivity contribution in [3.05, 3.63) is 113 Å². The summed E-state index contributed by atoms with van der Waals surface area (Å²) in [6, 6.07) is 28.4. The third-order valence-corrected chi connectivity index (χ3v) is 7.39. The number of carbonyl (C=O) groups excluding carboxylic acids is 1. The fourth-order valence-corrected chi connectivity index (χ4v) is 5.50. The van der Waals surface area contributed by atoms with E-state index >= 15 is 0 Å². The van der Waals surface area contributed by atoms with Crippen LogP contribution in [-0.2, 0) is 24.2 Å². The van der Waals surface area contributed by atoms with Gasteiger partial charge in [0.15, 0.2) is 6.61 Å². The number of primary amides is 1. The Bertz CT molecular complexity index is 1670. The van der Waals surface area contributed by atoms with E-state index in [2.05, 4.69) is 60.0 Å². The Morgan fingerprint density at radius 3 is 2.30 bits per heavy atom. The second kappa shape index (κ2) is 12.1. The molecule has 5 rings (SSSR count). The van der Waals surface area contributed by atoms with Crippen molar-refractivity contribution >= 4 is 33.7 Å². The van der Waals surface area contributed by atoms with Crippen LogP contribution in [0.2, 0.25) is 0 Å². The molecule has 4 aromatic carbocycles. The highest BCUT2D eigenvalue weighted by Gasteiger charge is 2.22. The number of amides is 1. The van der Waals surface area contributed by atoms with E-state index < -0.39 is 18.5 Å². The maximum absolute atomic E-state index is 12.6. The zero-order valence-corrected chi connectivity index (χ0v) is 22.7. The van der Waals surface area contributed by atoms with Crippen molar-refractivity contribution in [2.75, 3.05) is 6.61 Å². The number of carboxylic acid groups (broad SMARTS) is 1. The number of fused-ring (bicyclic) bond motifs is 3. The minimum atomic E-state index is -1.06. The lowest BCUT2D eigenvalue weighted by Crippen LogP contribution is -2.12. The van der Waals surface area contributed by atoms with Crippen LogP contribution in [0.3, 0.4) is 0 Å². The van der Waals surface area contributed by atoms with E-state index in [4.69, 9.17) is 10.5 Å². The van der Waals surface area contributed by atoms with Crippen molar-refractivity contribution in [1.82, 2.24) is 4.57 Å². The second-order valence-corrected chi connectivity index (χ2v) is 10.2. The number of aliphatic carboxylic acids is 1. The van der Waals surface area contributed by atoms with Crippen molar-refractivity contribution in [2.24, 2.45) is 5.73 Å². The first-order chi connectivity index (χ1) is 19.5. The molecule has 0 fully saturated rings. The van der Waals surface area contributed by atoms with Crippen molar-refractivity contribution in [3.63, 3.8) is 0 Å². The molecule has 6 heteroatoms. The quantitative estimate of drug-likeness (QED) is 0.174. The van der Waals surface area contributed by atoms with Crippen LogP contribution in [-0.4, -0.2) is 28.2 Å². The number of rotatable bonds is 12. The maximum atomic E-state index is 12.6. The van der Waals surface area contributed by atoms with Gasteiger partial charge in [0, 0.05) is 17.5 Å². The standard InChI is InChI=1S/C34H34N2O4/c1-2-3-5-13-24-19-29-33(30(20-24)40-22-31(37)38)32-27(34(35)39)16-10-17-28(32)36(29)21-26-15-9-8-14-25(26)18-23-11-6-4-7-12-23/h4,6-12,14-17,19-20H,2-3,5,13,18,21-22H2,1H3,(H2,35,39)(H,37,38). The van der Waals surface area contributed by atoms with Crippen molar-refractivity contribution < 1.29 is 19.4 Å². The van der Waals surface area contributed by atoms with Gasteiger partial charge in [0.2, 0.25) is 5.91 Å². The fraction of sp³-hybridized carbons (Fsp3) is 0.235. The summed E-state index contributed by atoms with van der Waals surface area (Å²) >= 11 is 0. The molecule has 1 heterocycles.